The van der Waals surface area contributed by atoms with Gasteiger partial charge in [0.05, 0.1) is 27.8 Å². The maximum absolute atomic E-state index is 13.9. The number of sulfone groups is 1. The molecule has 0 bridgehead atoms. The van der Waals surface area contributed by atoms with E-state index >= 15 is 0 Å². The minimum Gasteiger partial charge on any atom is -0.303 e. The Morgan fingerprint density at radius 2 is 1.47 bits per heavy atom. The Hall–Kier alpha value is -4.23. The molecule has 0 saturated heterocycles. The van der Waals surface area contributed by atoms with E-state index in [1.54, 1.807) is 46.9 Å². The third-order valence-electron chi connectivity index (χ3n) is 6.09. The van der Waals surface area contributed by atoms with Crippen molar-refractivity contribution in [2.24, 2.45) is 0 Å². The van der Waals surface area contributed by atoms with Gasteiger partial charge in [0, 0.05) is 5.39 Å². The van der Waals surface area contributed by atoms with E-state index in [0.29, 0.717) is 16.6 Å². The van der Waals surface area contributed by atoms with Crippen molar-refractivity contribution in [1.82, 2.24) is 14.2 Å². The molecule has 6 rings (SSSR count). The van der Waals surface area contributed by atoms with Crippen LogP contribution in [0.25, 0.3) is 33.0 Å². The summed E-state index contributed by atoms with van der Waals surface area (Å²) in [5.41, 5.74) is 2.64. The standard InChI is InChI=1S/C27H19N3O3S/c1-18-11-14-21(15-12-18)34(32,33)26-22-17-28-30(20-8-3-2-4-9-20)27(31)25(22)29-23-10-6-5-7-19(23)13-16-24(26)29/h2-17H,1H3. The van der Waals surface area contributed by atoms with Crippen LogP contribution in [0.2, 0.25) is 0 Å². The minimum atomic E-state index is -3.94. The molecule has 0 N–H and O–H groups in total. The SMILES string of the molecule is Cc1ccc(S(=O)(=O)c2c3cnn(-c4ccccc4)c(=O)c3n3c2ccc2ccccc23)cc1. The normalized spacial score (nSPS) is 12.0. The number of fused-ring (bicyclic) bond motifs is 5. The van der Waals surface area contributed by atoms with Gasteiger partial charge in [0.1, 0.15) is 10.4 Å². The fourth-order valence-electron chi connectivity index (χ4n) is 4.46. The van der Waals surface area contributed by atoms with Crippen LogP contribution in [0.3, 0.4) is 0 Å². The molecule has 0 radical (unpaired) electrons. The van der Waals surface area contributed by atoms with E-state index in [0.717, 1.165) is 16.5 Å². The smallest absolute Gasteiger partial charge is 0.296 e. The number of aromatic nitrogens is 3. The highest BCUT2D eigenvalue weighted by atomic mass is 32.2. The van der Waals surface area contributed by atoms with Crippen LogP contribution in [-0.2, 0) is 9.84 Å². The Labute approximate surface area is 195 Å². The molecule has 6 aromatic rings. The molecule has 0 aliphatic carbocycles. The first-order valence-corrected chi connectivity index (χ1v) is 12.3. The Bertz CT molecular complexity index is 1890. The molecule has 0 aliphatic heterocycles. The van der Waals surface area contributed by atoms with Gasteiger partial charge in [0.25, 0.3) is 5.56 Å². The summed E-state index contributed by atoms with van der Waals surface area (Å²) in [5, 5.41) is 5.56. The van der Waals surface area contributed by atoms with E-state index < -0.39 is 9.84 Å². The zero-order chi connectivity index (χ0) is 23.4. The zero-order valence-electron chi connectivity index (χ0n) is 18.2. The van der Waals surface area contributed by atoms with Gasteiger partial charge >= 0.3 is 0 Å². The van der Waals surface area contributed by atoms with Crippen molar-refractivity contribution in [3.63, 3.8) is 0 Å². The van der Waals surface area contributed by atoms with Crippen molar-refractivity contribution >= 4 is 37.2 Å². The monoisotopic (exact) mass is 465 g/mol. The lowest BCUT2D eigenvalue weighted by Gasteiger charge is -2.06. The van der Waals surface area contributed by atoms with E-state index in [1.165, 1.54) is 10.9 Å². The van der Waals surface area contributed by atoms with Gasteiger partial charge in [-0.1, -0.05) is 60.2 Å². The van der Waals surface area contributed by atoms with E-state index in [1.807, 2.05) is 55.5 Å². The average Bonchev–Trinajstić information content (AvgIpc) is 3.21. The molecule has 0 amide bonds. The highest BCUT2D eigenvalue weighted by molar-refractivity contribution is 7.92. The summed E-state index contributed by atoms with van der Waals surface area (Å²) in [6.07, 6.45) is 1.48. The first kappa shape index (κ1) is 20.4. The Kier molecular flexibility index (Phi) is 4.43. The maximum Gasteiger partial charge on any atom is 0.296 e. The van der Waals surface area contributed by atoms with Crippen molar-refractivity contribution in [3.8, 4) is 5.69 Å². The average molecular weight is 466 g/mol. The molecular weight excluding hydrogens is 446 g/mol. The number of pyridine rings is 1. The summed E-state index contributed by atoms with van der Waals surface area (Å²) in [4.78, 5) is 14.1. The lowest BCUT2D eigenvalue weighted by molar-refractivity contribution is 0.597. The second-order valence-corrected chi connectivity index (χ2v) is 10.1. The molecule has 3 aromatic heterocycles. The summed E-state index contributed by atoms with van der Waals surface area (Å²) in [5.74, 6) is 0. The highest BCUT2D eigenvalue weighted by Gasteiger charge is 2.28. The molecule has 3 heterocycles. The van der Waals surface area contributed by atoms with Crippen molar-refractivity contribution in [2.45, 2.75) is 16.7 Å². The molecule has 0 fully saturated rings. The lowest BCUT2D eigenvalue weighted by Crippen LogP contribution is -2.21. The van der Waals surface area contributed by atoms with Gasteiger partial charge in [-0.2, -0.15) is 9.78 Å². The van der Waals surface area contributed by atoms with Gasteiger partial charge in [0.15, 0.2) is 0 Å². The second-order valence-electron chi connectivity index (χ2n) is 8.22. The number of rotatable bonds is 3. The van der Waals surface area contributed by atoms with Gasteiger partial charge in [-0.25, -0.2) is 8.42 Å². The second kappa shape index (κ2) is 7.40. The predicted octanol–water partition coefficient (Wildman–Crippen LogP) is 4.93. The van der Waals surface area contributed by atoms with Gasteiger partial charge in [-0.3, -0.25) is 4.79 Å². The van der Waals surface area contributed by atoms with Crippen molar-refractivity contribution in [1.29, 1.82) is 0 Å². The topological polar surface area (TPSA) is 73.4 Å². The third kappa shape index (κ3) is 2.90. The molecule has 3 aromatic carbocycles. The number of aryl methyl sites for hydroxylation is 1. The number of para-hydroxylation sites is 2. The summed E-state index contributed by atoms with van der Waals surface area (Å²) in [6.45, 7) is 1.90. The maximum atomic E-state index is 13.9. The largest absolute Gasteiger partial charge is 0.303 e. The molecule has 7 heteroatoms. The number of nitrogens with zero attached hydrogens (tertiary/aromatic N) is 3. The first-order chi connectivity index (χ1) is 16.5. The zero-order valence-corrected chi connectivity index (χ0v) is 19.0. The Morgan fingerprint density at radius 3 is 2.24 bits per heavy atom. The van der Waals surface area contributed by atoms with Crippen molar-refractivity contribution in [3.05, 3.63) is 113 Å². The predicted molar refractivity (Wildman–Crippen MR) is 132 cm³/mol. The molecule has 0 saturated carbocycles. The first-order valence-electron chi connectivity index (χ1n) is 10.8. The summed E-state index contributed by atoms with van der Waals surface area (Å²) >= 11 is 0. The Morgan fingerprint density at radius 1 is 0.765 bits per heavy atom. The fraction of sp³-hybridized carbons (Fsp3) is 0.0370. The fourth-order valence-corrected chi connectivity index (χ4v) is 6.06. The quantitative estimate of drug-likeness (QED) is 0.371. The van der Waals surface area contributed by atoms with Gasteiger partial charge in [-0.05, 0) is 48.7 Å². The number of hydrogen-bond donors (Lipinski definition) is 0. The van der Waals surface area contributed by atoms with Gasteiger partial charge in [0.2, 0.25) is 9.84 Å². The van der Waals surface area contributed by atoms with E-state index in [-0.39, 0.29) is 20.9 Å². The molecule has 0 aliphatic rings. The molecule has 0 atom stereocenters. The van der Waals surface area contributed by atoms with Crippen LogP contribution in [0.1, 0.15) is 5.56 Å². The van der Waals surface area contributed by atoms with Crippen LogP contribution in [-0.4, -0.2) is 22.6 Å². The molecular formula is C27H19N3O3S. The number of hydrogen-bond acceptors (Lipinski definition) is 4. The Balaban J connectivity index is 1.81. The summed E-state index contributed by atoms with van der Waals surface area (Å²) < 4.78 is 30.8. The molecule has 6 nitrogen and oxygen atoms in total. The molecule has 0 spiro atoms. The molecule has 0 unspecified atom stereocenters. The van der Waals surface area contributed by atoms with Crippen LogP contribution in [0.5, 0.6) is 0 Å². The summed E-state index contributed by atoms with van der Waals surface area (Å²) in [6, 6.07) is 27.1. The van der Waals surface area contributed by atoms with Crippen LogP contribution >= 0.6 is 0 Å². The lowest BCUT2D eigenvalue weighted by atomic mass is 10.2. The highest BCUT2D eigenvalue weighted by Crippen LogP contribution is 2.35. The van der Waals surface area contributed by atoms with Crippen LogP contribution in [0.15, 0.2) is 112 Å². The minimum absolute atomic E-state index is 0.0851. The van der Waals surface area contributed by atoms with Crippen LogP contribution in [0, 0.1) is 6.92 Å². The molecule has 34 heavy (non-hydrogen) atoms. The van der Waals surface area contributed by atoms with Crippen LogP contribution < -0.4 is 5.56 Å². The van der Waals surface area contributed by atoms with Gasteiger partial charge < -0.3 is 4.40 Å². The summed E-state index contributed by atoms with van der Waals surface area (Å²) in [7, 11) is -3.94. The van der Waals surface area contributed by atoms with E-state index in [2.05, 4.69) is 5.10 Å². The van der Waals surface area contributed by atoms with E-state index in [4.69, 9.17) is 0 Å². The van der Waals surface area contributed by atoms with E-state index in [9.17, 15) is 13.2 Å². The third-order valence-corrected chi connectivity index (χ3v) is 7.95. The molecule has 166 valence electrons. The van der Waals surface area contributed by atoms with Gasteiger partial charge in [-0.15, -0.1) is 0 Å². The number of benzene rings is 3. The van der Waals surface area contributed by atoms with Crippen LogP contribution in [0.4, 0.5) is 0 Å². The van der Waals surface area contributed by atoms with Crippen molar-refractivity contribution < 1.29 is 8.42 Å². The van der Waals surface area contributed by atoms with Crippen molar-refractivity contribution in [2.75, 3.05) is 0 Å².